The van der Waals surface area contributed by atoms with Crippen molar-refractivity contribution < 1.29 is 22.7 Å². The van der Waals surface area contributed by atoms with Crippen LogP contribution in [0.15, 0.2) is 48.5 Å². The van der Waals surface area contributed by atoms with E-state index in [9.17, 15) is 18.0 Å². The fourth-order valence-corrected chi connectivity index (χ4v) is 4.39. The Morgan fingerprint density at radius 3 is 2.41 bits per heavy atom. The molecule has 1 aromatic heterocycles. The molecule has 3 N–H and O–H groups in total. The molecule has 0 radical (unpaired) electrons. The molecule has 1 aliphatic carbocycles. The standard InChI is InChI=1S/C24H24F3N3O2/c1-32-17-11-7-15(8-12-17)23(31)29-16-9-5-14(6-10-16)18-3-2-4-20-22(18)19(28)13-21(30-20)24(25,26)27/h2-4,7-8,11-14,16H,5-6,9-10H2,1H3,(H2,28,30)(H,29,31). The number of benzene rings is 2. The van der Waals surface area contributed by atoms with Crippen LogP contribution in [0, 0.1) is 0 Å². The van der Waals surface area contributed by atoms with Crippen molar-refractivity contribution in [2.24, 2.45) is 0 Å². The van der Waals surface area contributed by atoms with E-state index in [2.05, 4.69) is 10.3 Å². The fraction of sp³-hybridized carbons (Fsp3) is 0.333. The van der Waals surface area contributed by atoms with E-state index in [1.165, 1.54) is 0 Å². The van der Waals surface area contributed by atoms with Gasteiger partial charge >= 0.3 is 6.18 Å². The largest absolute Gasteiger partial charge is 0.497 e. The zero-order valence-corrected chi connectivity index (χ0v) is 17.6. The fourth-order valence-electron chi connectivity index (χ4n) is 4.39. The summed E-state index contributed by atoms with van der Waals surface area (Å²) in [7, 11) is 1.57. The SMILES string of the molecule is COc1ccc(C(=O)NC2CCC(c3cccc4nc(C(F)(F)F)cc(N)c34)CC2)cc1. The van der Waals surface area contributed by atoms with Crippen molar-refractivity contribution in [3.8, 4) is 5.75 Å². The van der Waals surface area contributed by atoms with Gasteiger partial charge in [0.1, 0.15) is 11.4 Å². The molecule has 1 fully saturated rings. The van der Waals surface area contributed by atoms with Gasteiger partial charge in [-0.15, -0.1) is 0 Å². The summed E-state index contributed by atoms with van der Waals surface area (Å²) in [6, 6.07) is 13.1. The number of halogens is 3. The van der Waals surface area contributed by atoms with E-state index in [0.29, 0.717) is 16.7 Å². The van der Waals surface area contributed by atoms with Crippen LogP contribution in [0.3, 0.4) is 0 Å². The van der Waals surface area contributed by atoms with Crippen LogP contribution in [-0.4, -0.2) is 24.0 Å². The van der Waals surface area contributed by atoms with Crippen LogP contribution in [0.1, 0.15) is 53.2 Å². The van der Waals surface area contributed by atoms with Gasteiger partial charge in [0.25, 0.3) is 5.91 Å². The third-order valence-electron chi connectivity index (χ3n) is 6.04. The predicted molar refractivity (Wildman–Crippen MR) is 117 cm³/mol. The summed E-state index contributed by atoms with van der Waals surface area (Å²) in [6.45, 7) is 0. The van der Waals surface area contributed by atoms with Gasteiger partial charge in [-0.3, -0.25) is 4.79 Å². The Bertz CT molecular complexity index is 1120. The first kappa shape index (κ1) is 21.9. The van der Waals surface area contributed by atoms with Crippen LogP contribution in [0.2, 0.25) is 0 Å². The lowest BCUT2D eigenvalue weighted by Crippen LogP contribution is -2.37. The van der Waals surface area contributed by atoms with E-state index in [4.69, 9.17) is 10.5 Å². The van der Waals surface area contributed by atoms with Gasteiger partial charge in [0, 0.05) is 22.7 Å². The average Bonchev–Trinajstić information content (AvgIpc) is 2.78. The number of pyridine rings is 1. The maximum atomic E-state index is 13.1. The summed E-state index contributed by atoms with van der Waals surface area (Å²) in [5.74, 6) is 0.705. The smallest absolute Gasteiger partial charge is 0.433 e. The van der Waals surface area contributed by atoms with Crippen LogP contribution in [0.5, 0.6) is 5.75 Å². The summed E-state index contributed by atoms with van der Waals surface area (Å²) < 4.78 is 44.4. The number of hydrogen-bond acceptors (Lipinski definition) is 4. The molecule has 5 nitrogen and oxygen atoms in total. The van der Waals surface area contributed by atoms with Gasteiger partial charge in [-0.1, -0.05) is 12.1 Å². The number of hydrogen-bond donors (Lipinski definition) is 2. The van der Waals surface area contributed by atoms with Crippen molar-refractivity contribution >= 4 is 22.5 Å². The van der Waals surface area contributed by atoms with E-state index >= 15 is 0 Å². The number of nitrogens with zero attached hydrogens (tertiary/aromatic N) is 1. The summed E-state index contributed by atoms with van der Waals surface area (Å²) in [4.78, 5) is 16.3. The minimum atomic E-state index is -4.54. The van der Waals surface area contributed by atoms with Gasteiger partial charge in [-0.05, 0) is 73.6 Å². The van der Waals surface area contributed by atoms with E-state index in [-0.39, 0.29) is 29.1 Å². The zero-order valence-electron chi connectivity index (χ0n) is 17.6. The van der Waals surface area contributed by atoms with Gasteiger partial charge in [0.05, 0.1) is 12.6 Å². The second kappa shape index (κ2) is 8.68. The summed E-state index contributed by atoms with van der Waals surface area (Å²) >= 11 is 0. The summed E-state index contributed by atoms with van der Waals surface area (Å²) in [6.07, 6.45) is -1.40. The molecule has 4 rings (SSSR count). The van der Waals surface area contributed by atoms with E-state index in [1.54, 1.807) is 43.5 Å². The van der Waals surface area contributed by atoms with Crippen LogP contribution >= 0.6 is 0 Å². The molecule has 1 aliphatic rings. The molecule has 1 heterocycles. The normalized spacial score (nSPS) is 19.0. The highest BCUT2D eigenvalue weighted by molar-refractivity contribution is 5.95. The summed E-state index contributed by atoms with van der Waals surface area (Å²) in [5.41, 5.74) is 6.89. The molecule has 0 unspecified atom stereocenters. The number of nitrogens with two attached hydrogens (primary N) is 1. The predicted octanol–water partition coefficient (Wildman–Crippen LogP) is 5.30. The van der Waals surface area contributed by atoms with E-state index < -0.39 is 11.9 Å². The number of amides is 1. The monoisotopic (exact) mass is 443 g/mol. The van der Waals surface area contributed by atoms with Crippen molar-refractivity contribution in [1.29, 1.82) is 0 Å². The number of ether oxygens (including phenoxy) is 1. The maximum Gasteiger partial charge on any atom is 0.433 e. The number of fused-ring (bicyclic) bond motifs is 1. The highest BCUT2D eigenvalue weighted by Crippen LogP contribution is 2.40. The van der Waals surface area contributed by atoms with Crippen LogP contribution in [0.25, 0.3) is 10.9 Å². The Balaban J connectivity index is 1.46. The van der Waals surface area contributed by atoms with Gasteiger partial charge in [0.15, 0.2) is 0 Å². The molecule has 1 amide bonds. The molecule has 168 valence electrons. The van der Waals surface area contributed by atoms with Gasteiger partial charge in [-0.25, -0.2) is 4.98 Å². The maximum absolute atomic E-state index is 13.1. The minimum absolute atomic E-state index is 0.0446. The topological polar surface area (TPSA) is 77.2 Å². The highest BCUT2D eigenvalue weighted by atomic mass is 19.4. The third-order valence-corrected chi connectivity index (χ3v) is 6.04. The lowest BCUT2D eigenvalue weighted by atomic mass is 9.80. The molecule has 0 atom stereocenters. The second-order valence-electron chi connectivity index (χ2n) is 8.09. The van der Waals surface area contributed by atoms with Crippen LogP contribution in [-0.2, 0) is 6.18 Å². The van der Waals surface area contributed by atoms with Crippen molar-refractivity contribution in [2.75, 3.05) is 12.8 Å². The number of aromatic nitrogens is 1. The molecule has 0 saturated heterocycles. The minimum Gasteiger partial charge on any atom is -0.497 e. The Kier molecular flexibility index (Phi) is 5.95. The van der Waals surface area contributed by atoms with Gasteiger partial charge in [-0.2, -0.15) is 13.2 Å². The second-order valence-corrected chi connectivity index (χ2v) is 8.09. The first-order chi connectivity index (χ1) is 15.3. The Morgan fingerprint density at radius 1 is 1.09 bits per heavy atom. The molecule has 2 aromatic carbocycles. The average molecular weight is 443 g/mol. The summed E-state index contributed by atoms with van der Waals surface area (Å²) in [5, 5.41) is 3.66. The Labute approximate surface area is 183 Å². The van der Waals surface area contributed by atoms with Crippen molar-refractivity contribution in [3.05, 3.63) is 65.4 Å². The van der Waals surface area contributed by atoms with Crippen molar-refractivity contribution in [3.63, 3.8) is 0 Å². The van der Waals surface area contributed by atoms with E-state index in [1.807, 2.05) is 6.07 Å². The quantitative estimate of drug-likeness (QED) is 0.574. The van der Waals surface area contributed by atoms with Gasteiger partial charge in [0.2, 0.25) is 0 Å². The number of nitrogen functional groups attached to an aromatic ring is 1. The number of carbonyl (C=O) groups is 1. The number of rotatable bonds is 4. The molecule has 0 aliphatic heterocycles. The lowest BCUT2D eigenvalue weighted by molar-refractivity contribution is -0.140. The molecular weight excluding hydrogens is 419 g/mol. The third kappa shape index (κ3) is 4.49. The van der Waals surface area contributed by atoms with Crippen molar-refractivity contribution in [1.82, 2.24) is 10.3 Å². The number of anilines is 1. The van der Waals surface area contributed by atoms with Crippen LogP contribution in [0.4, 0.5) is 18.9 Å². The molecule has 0 bridgehead atoms. The van der Waals surface area contributed by atoms with E-state index in [0.717, 1.165) is 37.3 Å². The molecule has 8 heteroatoms. The molecule has 1 saturated carbocycles. The zero-order chi connectivity index (χ0) is 22.9. The molecule has 3 aromatic rings. The van der Waals surface area contributed by atoms with Crippen molar-refractivity contribution in [2.45, 2.75) is 43.8 Å². The molecule has 32 heavy (non-hydrogen) atoms. The highest BCUT2D eigenvalue weighted by Gasteiger charge is 2.34. The number of carbonyl (C=O) groups excluding carboxylic acids is 1. The first-order valence-electron chi connectivity index (χ1n) is 10.5. The van der Waals surface area contributed by atoms with Gasteiger partial charge < -0.3 is 15.8 Å². The van der Waals surface area contributed by atoms with Crippen LogP contribution < -0.4 is 15.8 Å². The lowest BCUT2D eigenvalue weighted by Gasteiger charge is -2.30. The first-order valence-corrected chi connectivity index (χ1v) is 10.5. The molecular formula is C24H24F3N3O2. The Hall–Kier alpha value is -3.29. The number of nitrogens with one attached hydrogen (secondary N) is 1. The molecule has 0 spiro atoms. The number of alkyl halides is 3. The number of methoxy groups -OCH3 is 1. The Morgan fingerprint density at radius 2 is 1.78 bits per heavy atom.